The second kappa shape index (κ2) is 14.8. The summed E-state index contributed by atoms with van der Waals surface area (Å²) >= 11 is 0. The second-order valence-electron chi connectivity index (χ2n) is 8.69. The number of ether oxygens (including phenoxy) is 4. The van der Waals surface area contributed by atoms with Crippen LogP contribution < -0.4 is 18.9 Å². The highest BCUT2D eigenvalue weighted by Gasteiger charge is 2.09. The molecular weight excluding hydrogens is 452 g/mol. The zero-order valence-electron chi connectivity index (χ0n) is 21.8. The number of hydrogen-bond donors (Lipinski definition) is 0. The molecule has 0 amide bonds. The standard InChI is InChI=1S/C31H38O5/c1-4-12-24-22-27(35-26-14-8-7-9-15-26)16-18-29(24)33-20-10-11-21-34-30-19-17-28(36-31(32)6-3)23-25(30)13-5-2/h7-9,14-19,22-23H,4-6,10-13,20-21H2,1-3H3. The van der Waals surface area contributed by atoms with Gasteiger partial charge in [-0.05, 0) is 85.3 Å². The van der Waals surface area contributed by atoms with E-state index in [4.69, 9.17) is 18.9 Å². The van der Waals surface area contributed by atoms with Gasteiger partial charge in [0.25, 0.3) is 0 Å². The van der Waals surface area contributed by atoms with Crippen LogP contribution in [0.1, 0.15) is 64.0 Å². The van der Waals surface area contributed by atoms with Gasteiger partial charge in [-0.25, -0.2) is 0 Å². The van der Waals surface area contributed by atoms with E-state index in [0.717, 1.165) is 72.6 Å². The SMILES string of the molecule is CCCc1cc(OC(=O)CC)ccc1OCCCCOc1ccc(Oc2ccccc2)cc1CCC. The Balaban J connectivity index is 1.47. The third kappa shape index (κ3) is 8.63. The first kappa shape index (κ1) is 27.1. The molecule has 0 unspecified atom stereocenters. The molecule has 0 saturated carbocycles. The molecule has 0 radical (unpaired) electrons. The summed E-state index contributed by atoms with van der Waals surface area (Å²) in [5.41, 5.74) is 2.23. The fourth-order valence-corrected chi connectivity index (χ4v) is 3.85. The number of carbonyl (C=O) groups is 1. The van der Waals surface area contributed by atoms with Crippen LogP contribution in [0.25, 0.3) is 0 Å². The molecule has 3 aromatic carbocycles. The minimum Gasteiger partial charge on any atom is -0.493 e. The van der Waals surface area contributed by atoms with Crippen LogP contribution in [0.2, 0.25) is 0 Å². The molecule has 0 spiro atoms. The number of aryl methyl sites for hydroxylation is 2. The molecule has 3 aromatic rings. The highest BCUT2D eigenvalue weighted by molar-refractivity contribution is 5.72. The number of para-hydroxylation sites is 1. The first-order valence-electron chi connectivity index (χ1n) is 13.1. The molecule has 0 fully saturated rings. The van der Waals surface area contributed by atoms with Crippen LogP contribution in [0.4, 0.5) is 0 Å². The predicted octanol–water partition coefficient (Wildman–Crippen LogP) is 7.94. The fraction of sp³-hybridized carbons (Fsp3) is 0.387. The highest BCUT2D eigenvalue weighted by atomic mass is 16.5. The molecule has 0 atom stereocenters. The minimum absolute atomic E-state index is 0.230. The Morgan fingerprint density at radius 3 is 1.78 bits per heavy atom. The lowest BCUT2D eigenvalue weighted by atomic mass is 10.1. The number of carbonyl (C=O) groups excluding carboxylic acids is 1. The smallest absolute Gasteiger partial charge is 0.310 e. The lowest BCUT2D eigenvalue weighted by Crippen LogP contribution is -2.07. The lowest BCUT2D eigenvalue weighted by Gasteiger charge is -2.14. The van der Waals surface area contributed by atoms with Crippen LogP contribution in [-0.2, 0) is 17.6 Å². The Kier molecular flexibility index (Phi) is 11.2. The first-order chi connectivity index (χ1) is 17.6. The van der Waals surface area contributed by atoms with Gasteiger partial charge in [0, 0.05) is 6.42 Å². The van der Waals surface area contributed by atoms with Crippen molar-refractivity contribution in [3.05, 3.63) is 77.9 Å². The van der Waals surface area contributed by atoms with Crippen molar-refractivity contribution >= 4 is 5.97 Å². The molecule has 0 heterocycles. The van der Waals surface area contributed by atoms with Crippen molar-refractivity contribution in [3.63, 3.8) is 0 Å². The van der Waals surface area contributed by atoms with Crippen molar-refractivity contribution in [2.45, 2.75) is 65.7 Å². The second-order valence-corrected chi connectivity index (χ2v) is 8.69. The summed E-state index contributed by atoms with van der Waals surface area (Å²) in [6.07, 6.45) is 5.98. The van der Waals surface area contributed by atoms with E-state index in [2.05, 4.69) is 19.9 Å². The molecular formula is C31H38O5. The van der Waals surface area contributed by atoms with Crippen molar-refractivity contribution in [2.24, 2.45) is 0 Å². The first-order valence-corrected chi connectivity index (χ1v) is 13.1. The Hall–Kier alpha value is -3.47. The molecule has 0 bridgehead atoms. The molecule has 0 saturated heterocycles. The fourth-order valence-electron chi connectivity index (χ4n) is 3.85. The maximum Gasteiger partial charge on any atom is 0.310 e. The average Bonchev–Trinajstić information content (AvgIpc) is 2.89. The Labute approximate surface area is 215 Å². The summed E-state index contributed by atoms with van der Waals surface area (Å²) in [4.78, 5) is 11.6. The molecule has 5 nitrogen and oxygen atoms in total. The molecule has 0 aromatic heterocycles. The van der Waals surface area contributed by atoms with Gasteiger partial charge < -0.3 is 18.9 Å². The molecule has 0 aliphatic carbocycles. The summed E-state index contributed by atoms with van der Waals surface area (Å²) in [5, 5.41) is 0. The van der Waals surface area contributed by atoms with Gasteiger partial charge in [0.1, 0.15) is 28.7 Å². The summed E-state index contributed by atoms with van der Waals surface area (Å²) in [7, 11) is 0. The van der Waals surface area contributed by atoms with E-state index in [-0.39, 0.29) is 5.97 Å². The highest BCUT2D eigenvalue weighted by Crippen LogP contribution is 2.29. The summed E-state index contributed by atoms with van der Waals surface area (Å²) in [6.45, 7) is 7.32. The molecule has 0 aliphatic rings. The van der Waals surface area contributed by atoms with E-state index < -0.39 is 0 Å². The van der Waals surface area contributed by atoms with Crippen LogP contribution in [-0.4, -0.2) is 19.2 Å². The summed E-state index contributed by atoms with van der Waals surface area (Å²) < 4.78 is 23.5. The Morgan fingerprint density at radius 1 is 0.667 bits per heavy atom. The third-order valence-corrected chi connectivity index (χ3v) is 5.66. The molecule has 3 rings (SSSR count). The molecule has 0 N–H and O–H groups in total. The van der Waals surface area contributed by atoms with Crippen molar-refractivity contribution in [2.75, 3.05) is 13.2 Å². The lowest BCUT2D eigenvalue weighted by molar-refractivity contribution is -0.134. The van der Waals surface area contributed by atoms with Crippen LogP contribution in [0.5, 0.6) is 28.7 Å². The number of unbranched alkanes of at least 4 members (excludes halogenated alkanes) is 1. The van der Waals surface area contributed by atoms with Gasteiger partial charge >= 0.3 is 5.97 Å². The van der Waals surface area contributed by atoms with Gasteiger partial charge in [0.05, 0.1) is 13.2 Å². The number of benzene rings is 3. The van der Waals surface area contributed by atoms with Gasteiger partial charge in [-0.1, -0.05) is 51.8 Å². The van der Waals surface area contributed by atoms with Crippen molar-refractivity contribution < 1.29 is 23.7 Å². The topological polar surface area (TPSA) is 54.0 Å². The molecule has 5 heteroatoms. The number of hydrogen-bond acceptors (Lipinski definition) is 5. The van der Waals surface area contributed by atoms with Gasteiger partial charge in [0.15, 0.2) is 0 Å². The van der Waals surface area contributed by atoms with Gasteiger partial charge in [-0.3, -0.25) is 4.79 Å². The molecule has 0 aliphatic heterocycles. The molecule has 36 heavy (non-hydrogen) atoms. The van der Waals surface area contributed by atoms with Crippen molar-refractivity contribution in [1.82, 2.24) is 0 Å². The van der Waals surface area contributed by atoms with E-state index in [1.807, 2.05) is 54.6 Å². The zero-order chi connectivity index (χ0) is 25.6. The van der Waals surface area contributed by atoms with E-state index in [1.165, 1.54) is 0 Å². The summed E-state index contributed by atoms with van der Waals surface area (Å²) in [5.74, 6) is 3.77. The van der Waals surface area contributed by atoms with Crippen LogP contribution in [0, 0.1) is 0 Å². The number of esters is 1. The quantitative estimate of drug-likeness (QED) is 0.123. The van der Waals surface area contributed by atoms with Gasteiger partial charge in [0.2, 0.25) is 0 Å². The van der Waals surface area contributed by atoms with E-state index in [0.29, 0.717) is 25.4 Å². The maximum atomic E-state index is 11.6. The maximum absolute atomic E-state index is 11.6. The van der Waals surface area contributed by atoms with Crippen LogP contribution >= 0.6 is 0 Å². The van der Waals surface area contributed by atoms with Gasteiger partial charge in [-0.15, -0.1) is 0 Å². The summed E-state index contributed by atoms with van der Waals surface area (Å²) in [6, 6.07) is 21.5. The van der Waals surface area contributed by atoms with Crippen LogP contribution in [0.3, 0.4) is 0 Å². The van der Waals surface area contributed by atoms with Crippen LogP contribution in [0.15, 0.2) is 66.7 Å². The van der Waals surface area contributed by atoms with Crippen molar-refractivity contribution in [3.8, 4) is 28.7 Å². The Morgan fingerprint density at radius 2 is 1.22 bits per heavy atom. The van der Waals surface area contributed by atoms with Crippen molar-refractivity contribution in [1.29, 1.82) is 0 Å². The largest absolute Gasteiger partial charge is 0.493 e. The predicted molar refractivity (Wildman–Crippen MR) is 144 cm³/mol. The van der Waals surface area contributed by atoms with E-state index in [9.17, 15) is 4.79 Å². The molecule has 192 valence electrons. The number of rotatable bonds is 15. The Bertz CT molecular complexity index is 1080. The minimum atomic E-state index is -0.230. The normalized spacial score (nSPS) is 10.6. The zero-order valence-corrected chi connectivity index (χ0v) is 21.8. The monoisotopic (exact) mass is 490 g/mol. The van der Waals surface area contributed by atoms with Gasteiger partial charge in [-0.2, -0.15) is 0 Å². The third-order valence-electron chi connectivity index (χ3n) is 5.66. The van der Waals surface area contributed by atoms with E-state index in [1.54, 1.807) is 13.0 Å². The average molecular weight is 491 g/mol. The van der Waals surface area contributed by atoms with E-state index >= 15 is 0 Å².